The minimum absolute atomic E-state index is 0. The molecule has 0 aliphatic rings. The summed E-state index contributed by atoms with van der Waals surface area (Å²) in [5.41, 5.74) is -1.29. The number of nitrogens with zero attached hydrogens (tertiary/aromatic N) is 1. The molecule has 1 rings (SSSR count). The zero-order valence-electron chi connectivity index (χ0n) is 8.17. The number of hydrogen-bond acceptors (Lipinski definition) is 3. The number of aromatic nitrogens is 1. The normalized spacial score (nSPS) is 11.0. The van der Waals surface area contributed by atoms with Gasteiger partial charge in [-0.3, -0.25) is 0 Å². The molecule has 0 bridgehead atoms. The van der Waals surface area contributed by atoms with E-state index in [1.807, 2.05) is 0 Å². The van der Waals surface area contributed by atoms with Gasteiger partial charge in [-0.25, -0.2) is 9.78 Å². The molecule has 1 aromatic heterocycles. The van der Waals surface area contributed by atoms with Crippen LogP contribution in [0.3, 0.4) is 0 Å². The monoisotopic (exact) mass is 275 g/mol. The van der Waals surface area contributed by atoms with Gasteiger partial charge in [-0.05, 0) is 12.8 Å². The molecule has 0 unspecified atom stereocenters. The van der Waals surface area contributed by atoms with Crippen molar-refractivity contribution in [3.8, 4) is 0 Å². The minimum Gasteiger partial charge on any atom is -0.477 e. The van der Waals surface area contributed by atoms with E-state index >= 15 is 0 Å². The number of carboxylic acid groups (broad SMARTS) is 1. The maximum Gasteiger partial charge on any atom is 0.435 e. The van der Waals surface area contributed by atoms with E-state index in [9.17, 15) is 18.0 Å². The molecule has 92 valence electrons. The van der Waals surface area contributed by atoms with Crippen molar-refractivity contribution in [2.24, 2.45) is 0 Å². The molecule has 8 heteroatoms. The lowest BCUT2D eigenvalue weighted by molar-refractivity contribution is -0.141. The molecule has 1 aromatic rings. The van der Waals surface area contributed by atoms with Crippen LogP contribution in [0.5, 0.6) is 0 Å². The highest BCUT2D eigenvalue weighted by Crippen LogP contribution is 2.34. The maximum atomic E-state index is 12.3. The number of halogens is 4. The van der Waals surface area contributed by atoms with Crippen LogP contribution in [0.4, 0.5) is 13.2 Å². The van der Waals surface area contributed by atoms with Crippen LogP contribution in [0.25, 0.3) is 0 Å². The lowest BCUT2D eigenvalue weighted by Gasteiger charge is -2.02. The third kappa shape index (κ3) is 3.34. The summed E-state index contributed by atoms with van der Waals surface area (Å²) in [5, 5.41) is 8.79. The molecular formula is C8H9ClF3NO2S. The molecule has 0 spiro atoms. The minimum atomic E-state index is -4.70. The number of alkyl halides is 3. The van der Waals surface area contributed by atoms with Gasteiger partial charge < -0.3 is 5.11 Å². The number of hydrogen-bond donors (Lipinski definition) is 1. The third-order valence-corrected chi connectivity index (χ3v) is 2.70. The third-order valence-electron chi connectivity index (χ3n) is 1.60. The molecule has 16 heavy (non-hydrogen) atoms. The molecule has 3 nitrogen and oxygen atoms in total. The van der Waals surface area contributed by atoms with Crippen molar-refractivity contribution in [3.63, 3.8) is 0 Å². The summed E-state index contributed by atoms with van der Waals surface area (Å²) in [5.74, 6) is -1.58. The van der Waals surface area contributed by atoms with Gasteiger partial charge in [-0.2, -0.15) is 13.2 Å². The van der Waals surface area contributed by atoms with Gasteiger partial charge >= 0.3 is 12.1 Å². The van der Waals surface area contributed by atoms with Crippen molar-refractivity contribution in [2.45, 2.75) is 25.9 Å². The van der Waals surface area contributed by atoms with Crippen LogP contribution in [0, 0.1) is 0 Å². The van der Waals surface area contributed by atoms with Gasteiger partial charge in [0.1, 0.15) is 4.88 Å². The quantitative estimate of drug-likeness (QED) is 0.921. The lowest BCUT2D eigenvalue weighted by Crippen LogP contribution is -2.11. The van der Waals surface area contributed by atoms with E-state index in [0.717, 1.165) is 0 Å². The van der Waals surface area contributed by atoms with Gasteiger partial charge in [0.05, 0.1) is 5.01 Å². The van der Waals surface area contributed by atoms with Crippen molar-refractivity contribution in [2.75, 3.05) is 0 Å². The SMILES string of the molecule is CCCc1nc(C(F)(F)F)c(C(=O)O)s1.Cl. The van der Waals surface area contributed by atoms with Crippen LogP contribution in [-0.4, -0.2) is 16.1 Å². The Hall–Kier alpha value is -0.820. The number of thiazole rings is 1. The van der Waals surface area contributed by atoms with E-state index in [0.29, 0.717) is 24.2 Å². The van der Waals surface area contributed by atoms with Crippen molar-refractivity contribution < 1.29 is 23.1 Å². The second kappa shape index (κ2) is 5.49. The summed E-state index contributed by atoms with van der Waals surface area (Å²) in [6.07, 6.45) is -3.71. The highest BCUT2D eigenvalue weighted by molar-refractivity contribution is 7.13. The summed E-state index contributed by atoms with van der Waals surface area (Å²) in [7, 11) is 0. The molecule has 1 N–H and O–H groups in total. The Bertz CT molecular complexity index is 378. The predicted octanol–water partition coefficient (Wildman–Crippen LogP) is 3.23. The van der Waals surface area contributed by atoms with Crippen LogP contribution >= 0.6 is 23.7 Å². The van der Waals surface area contributed by atoms with Gasteiger partial charge in [0, 0.05) is 0 Å². The van der Waals surface area contributed by atoms with E-state index in [-0.39, 0.29) is 17.4 Å². The van der Waals surface area contributed by atoms with E-state index in [4.69, 9.17) is 5.11 Å². The van der Waals surface area contributed by atoms with E-state index in [1.165, 1.54) is 0 Å². The van der Waals surface area contributed by atoms with E-state index < -0.39 is 22.7 Å². The summed E-state index contributed by atoms with van der Waals surface area (Å²) < 4.78 is 37.0. The Kier molecular flexibility index (Phi) is 5.21. The number of aryl methyl sites for hydroxylation is 1. The molecule has 0 aliphatic heterocycles. The van der Waals surface area contributed by atoms with Gasteiger partial charge in [-0.15, -0.1) is 23.7 Å². The Morgan fingerprint density at radius 2 is 2.06 bits per heavy atom. The smallest absolute Gasteiger partial charge is 0.435 e. The summed E-state index contributed by atoms with van der Waals surface area (Å²) >= 11 is 0.588. The largest absolute Gasteiger partial charge is 0.477 e. The zero-order chi connectivity index (χ0) is 11.6. The van der Waals surface area contributed by atoms with Crippen molar-refractivity contribution in [1.82, 2.24) is 4.98 Å². The van der Waals surface area contributed by atoms with Crippen LogP contribution in [0.1, 0.15) is 33.7 Å². The molecular weight excluding hydrogens is 267 g/mol. The molecule has 0 atom stereocenters. The van der Waals surface area contributed by atoms with Crippen LogP contribution < -0.4 is 0 Å². The Morgan fingerprint density at radius 3 is 2.38 bits per heavy atom. The highest BCUT2D eigenvalue weighted by atomic mass is 35.5. The average Bonchev–Trinajstić information content (AvgIpc) is 2.48. The first-order valence-electron chi connectivity index (χ1n) is 4.16. The first kappa shape index (κ1) is 15.2. The van der Waals surface area contributed by atoms with Gasteiger partial charge in [0.15, 0.2) is 5.69 Å². The molecule has 1 heterocycles. The lowest BCUT2D eigenvalue weighted by atomic mass is 10.3. The van der Waals surface area contributed by atoms with Crippen LogP contribution in [0.15, 0.2) is 0 Å². The summed E-state index contributed by atoms with van der Waals surface area (Å²) in [4.78, 5) is 13.1. The molecule has 0 saturated carbocycles. The first-order valence-corrected chi connectivity index (χ1v) is 4.98. The van der Waals surface area contributed by atoms with Gasteiger partial charge in [0.25, 0.3) is 0 Å². The number of aromatic carboxylic acids is 1. The fourth-order valence-corrected chi connectivity index (χ4v) is 2.05. The Balaban J connectivity index is 0.00000225. The second-order valence-corrected chi connectivity index (χ2v) is 3.92. The molecule has 0 aliphatic carbocycles. The Morgan fingerprint density at radius 1 is 1.50 bits per heavy atom. The van der Waals surface area contributed by atoms with Crippen molar-refractivity contribution >= 4 is 29.7 Å². The topological polar surface area (TPSA) is 50.2 Å². The average molecular weight is 276 g/mol. The zero-order valence-corrected chi connectivity index (χ0v) is 9.80. The number of carbonyl (C=O) groups is 1. The number of carboxylic acids is 1. The van der Waals surface area contributed by atoms with E-state index in [2.05, 4.69) is 4.98 Å². The van der Waals surface area contributed by atoms with Gasteiger partial charge in [-0.1, -0.05) is 6.92 Å². The fraction of sp³-hybridized carbons (Fsp3) is 0.500. The standard InChI is InChI=1S/C8H8F3NO2S.ClH/c1-2-3-4-12-6(8(9,10)11)5(15-4)7(13)14;/h2-3H2,1H3,(H,13,14);1H. The molecule has 0 radical (unpaired) electrons. The molecule has 0 fully saturated rings. The number of rotatable bonds is 3. The van der Waals surface area contributed by atoms with Crippen LogP contribution in [0.2, 0.25) is 0 Å². The first-order chi connectivity index (χ1) is 6.86. The van der Waals surface area contributed by atoms with Crippen molar-refractivity contribution in [1.29, 1.82) is 0 Å². The molecule has 0 aromatic carbocycles. The highest BCUT2D eigenvalue weighted by Gasteiger charge is 2.39. The van der Waals surface area contributed by atoms with E-state index in [1.54, 1.807) is 6.92 Å². The maximum absolute atomic E-state index is 12.3. The molecule has 0 amide bonds. The summed E-state index contributed by atoms with van der Waals surface area (Å²) in [6, 6.07) is 0. The Labute approximate surface area is 99.7 Å². The second-order valence-electron chi connectivity index (χ2n) is 2.84. The molecule has 0 saturated heterocycles. The van der Waals surface area contributed by atoms with Crippen LogP contribution in [-0.2, 0) is 12.6 Å². The predicted molar refractivity (Wildman–Crippen MR) is 55.3 cm³/mol. The van der Waals surface area contributed by atoms with Crippen molar-refractivity contribution in [3.05, 3.63) is 15.6 Å². The fourth-order valence-electron chi connectivity index (χ4n) is 1.02. The summed E-state index contributed by atoms with van der Waals surface area (Å²) in [6.45, 7) is 1.79. The van der Waals surface area contributed by atoms with Gasteiger partial charge in [0.2, 0.25) is 0 Å².